The van der Waals surface area contributed by atoms with E-state index in [9.17, 15) is 13.2 Å². The minimum atomic E-state index is -4.38. The fourth-order valence-electron chi connectivity index (χ4n) is 3.16. The molecule has 10 heteroatoms. The van der Waals surface area contributed by atoms with E-state index in [1.807, 2.05) is 32.3 Å². The van der Waals surface area contributed by atoms with Crippen LogP contribution in [0.25, 0.3) is 0 Å². The largest absolute Gasteiger partial charge is 0.469 e. The Balaban J connectivity index is 0.00000363. The summed E-state index contributed by atoms with van der Waals surface area (Å²) in [5, 5.41) is 10.9. The summed E-state index contributed by atoms with van der Waals surface area (Å²) in [6.07, 6.45) is 0.647. The number of hydrogen-bond acceptors (Lipinski definition) is 3. The Labute approximate surface area is 202 Å². The second-order valence-electron chi connectivity index (χ2n) is 7.10. The van der Waals surface area contributed by atoms with Crippen LogP contribution in [0, 0.1) is 0 Å². The van der Waals surface area contributed by atoms with Crippen molar-refractivity contribution in [3.05, 3.63) is 77.0 Å². The molecule has 0 saturated heterocycles. The summed E-state index contributed by atoms with van der Waals surface area (Å²) < 4.78 is 46.0. The van der Waals surface area contributed by atoms with Crippen molar-refractivity contribution >= 4 is 29.9 Å². The Hall–Kier alpha value is -2.50. The van der Waals surface area contributed by atoms with Gasteiger partial charge in [0.1, 0.15) is 5.76 Å². The third kappa shape index (κ3) is 7.57. The molecule has 3 rings (SSSR count). The molecular formula is C22H27F3IN5O. The van der Waals surface area contributed by atoms with E-state index in [0.717, 1.165) is 35.6 Å². The van der Waals surface area contributed by atoms with Gasteiger partial charge in [-0.1, -0.05) is 19.1 Å². The SMILES string of the molecule is CCc1nn(C)cc1CNC(=NCc1cccc(C(F)(F)F)c1)NCCc1ccco1.I. The number of alkyl halides is 3. The standard InChI is InChI=1S/C22H26F3N5O.HI/c1-3-20-17(15-30(2)29-20)14-28-21(26-10-9-19-8-5-11-31-19)27-13-16-6-4-7-18(12-16)22(23,24)25;/h4-8,11-12,15H,3,9-10,13-14H2,1-2H3,(H2,26,27,28);1H. The summed E-state index contributed by atoms with van der Waals surface area (Å²) in [6.45, 7) is 3.23. The lowest BCUT2D eigenvalue weighted by Gasteiger charge is -2.13. The number of furan rings is 1. The van der Waals surface area contributed by atoms with Crippen LogP contribution in [-0.2, 0) is 39.2 Å². The maximum Gasteiger partial charge on any atom is 0.416 e. The van der Waals surface area contributed by atoms with Crippen molar-refractivity contribution < 1.29 is 17.6 Å². The molecule has 0 saturated carbocycles. The van der Waals surface area contributed by atoms with Crippen LogP contribution in [0.5, 0.6) is 0 Å². The highest BCUT2D eigenvalue weighted by Crippen LogP contribution is 2.29. The summed E-state index contributed by atoms with van der Waals surface area (Å²) in [6, 6.07) is 8.93. The zero-order chi connectivity index (χ0) is 22.3. The predicted molar refractivity (Wildman–Crippen MR) is 128 cm³/mol. The fourth-order valence-corrected chi connectivity index (χ4v) is 3.16. The average Bonchev–Trinajstić information content (AvgIpc) is 3.38. The molecule has 0 amide bonds. The fraction of sp³-hybridized carbons (Fsp3) is 0.364. The van der Waals surface area contributed by atoms with Gasteiger partial charge in [-0.05, 0) is 36.2 Å². The highest BCUT2D eigenvalue weighted by atomic mass is 127. The second-order valence-corrected chi connectivity index (χ2v) is 7.10. The molecule has 1 aromatic carbocycles. The quantitative estimate of drug-likeness (QED) is 0.238. The number of aromatic nitrogens is 2. The zero-order valence-corrected chi connectivity index (χ0v) is 20.3. The molecule has 3 aromatic rings. The molecule has 0 fully saturated rings. The third-order valence-corrected chi connectivity index (χ3v) is 4.69. The van der Waals surface area contributed by atoms with Gasteiger partial charge in [-0.2, -0.15) is 18.3 Å². The molecule has 174 valence electrons. The van der Waals surface area contributed by atoms with Crippen molar-refractivity contribution in [2.75, 3.05) is 6.54 Å². The number of aryl methyl sites for hydroxylation is 2. The molecule has 2 N–H and O–H groups in total. The summed E-state index contributed by atoms with van der Waals surface area (Å²) in [5.74, 6) is 1.35. The first-order chi connectivity index (χ1) is 14.8. The minimum Gasteiger partial charge on any atom is -0.469 e. The lowest BCUT2D eigenvalue weighted by atomic mass is 10.1. The zero-order valence-electron chi connectivity index (χ0n) is 17.9. The summed E-state index contributed by atoms with van der Waals surface area (Å²) >= 11 is 0. The smallest absolute Gasteiger partial charge is 0.416 e. The normalized spacial score (nSPS) is 11.8. The van der Waals surface area contributed by atoms with Crippen LogP contribution in [0.3, 0.4) is 0 Å². The second kappa shape index (κ2) is 11.9. The van der Waals surface area contributed by atoms with Gasteiger partial charge in [0.15, 0.2) is 5.96 Å². The number of halogens is 4. The molecule has 2 heterocycles. The summed E-state index contributed by atoms with van der Waals surface area (Å²) in [7, 11) is 1.87. The van der Waals surface area contributed by atoms with Crippen molar-refractivity contribution in [2.24, 2.45) is 12.0 Å². The Morgan fingerprint density at radius 3 is 2.69 bits per heavy atom. The van der Waals surface area contributed by atoms with E-state index in [-0.39, 0.29) is 30.5 Å². The van der Waals surface area contributed by atoms with Gasteiger partial charge >= 0.3 is 6.18 Å². The molecule has 0 radical (unpaired) electrons. The van der Waals surface area contributed by atoms with Crippen LogP contribution < -0.4 is 10.6 Å². The van der Waals surface area contributed by atoms with Gasteiger partial charge in [-0.15, -0.1) is 24.0 Å². The molecule has 32 heavy (non-hydrogen) atoms. The molecule has 0 atom stereocenters. The number of aliphatic imine (C=N–C) groups is 1. The number of guanidine groups is 1. The molecule has 0 aliphatic heterocycles. The van der Waals surface area contributed by atoms with Crippen LogP contribution in [0.15, 0.2) is 58.3 Å². The first kappa shape index (κ1) is 25.8. The molecule has 6 nitrogen and oxygen atoms in total. The van der Waals surface area contributed by atoms with E-state index in [4.69, 9.17) is 4.42 Å². The number of hydrogen-bond donors (Lipinski definition) is 2. The first-order valence-corrected chi connectivity index (χ1v) is 10.1. The van der Waals surface area contributed by atoms with Gasteiger partial charge in [0.25, 0.3) is 0 Å². The molecular weight excluding hydrogens is 534 g/mol. The minimum absolute atomic E-state index is 0. The van der Waals surface area contributed by atoms with E-state index in [1.165, 1.54) is 6.07 Å². The van der Waals surface area contributed by atoms with E-state index < -0.39 is 11.7 Å². The van der Waals surface area contributed by atoms with Gasteiger partial charge in [0.2, 0.25) is 0 Å². The average molecular weight is 561 g/mol. The van der Waals surface area contributed by atoms with Crippen molar-refractivity contribution in [3.63, 3.8) is 0 Å². The molecule has 0 unspecified atom stereocenters. The molecule has 0 aliphatic carbocycles. The Morgan fingerprint density at radius 1 is 1.19 bits per heavy atom. The molecule has 0 bridgehead atoms. The lowest BCUT2D eigenvalue weighted by molar-refractivity contribution is -0.137. The van der Waals surface area contributed by atoms with Crippen LogP contribution >= 0.6 is 24.0 Å². The summed E-state index contributed by atoms with van der Waals surface area (Å²) in [4.78, 5) is 4.48. The van der Waals surface area contributed by atoms with Gasteiger partial charge in [-0.25, -0.2) is 4.99 Å². The van der Waals surface area contributed by atoms with Crippen molar-refractivity contribution in [1.82, 2.24) is 20.4 Å². The third-order valence-electron chi connectivity index (χ3n) is 4.69. The van der Waals surface area contributed by atoms with E-state index in [2.05, 4.69) is 20.7 Å². The maximum absolute atomic E-state index is 13.0. The Kier molecular flexibility index (Phi) is 9.60. The monoisotopic (exact) mass is 561 g/mol. The summed E-state index contributed by atoms with van der Waals surface area (Å²) in [5.41, 5.74) is 1.84. The van der Waals surface area contributed by atoms with E-state index >= 15 is 0 Å². The lowest BCUT2D eigenvalue weighted by Crippen LogP contribution is -2.38. The van der Waals surface area contributed by atoms with Gasteiger partial charge in [0.05, 0.1) is 24.1 Å². The van der Waals surface area contributed by atoms with Crippen molar-refractivity contribution in [3.8, 4) is 0 Å². The van der Waals surface area contributed by atoms with Crippen LogP contribution in [0.1, 0.15) is 35.1 Å². The van der Waals surface area contributed by atoms with Gasteiger partial charge < -0.3 is 15.1 Å². The van der Waals surface area contributed by atoms with Crippen LogP contribution in [0.4, 0.5) is 13.2 Å². The highest BCUT2D eigenvalue weighted by molar-refractivity contribution is 14.0. The number of nitrogens with zero attached hydrogens (tertiary/aromatic N) is 3. The maximum atomic E-state index is 13.0. The molecule has 2 aromatic heterocycles. The number of benzene rings is 1. The Bertz CT molecular complexity index is 999. The van der Waals surface area contributed by atoms with Gasteiger partial charge in [0, 0.05) is 38.3 Å². The molecule has 0 aliphatic rings. The predicted octanol–water partition coefficient (Wildman–Crippen LogP) is 4.69. The Morgan fingerprint density at radius 2 is 2.00 bits per heavy atom. The first-order valence-electron chi connectivity index (χ1n) is 10.1. The van der Waals surface area contributed by atoms with Crippen molar-refractivity contribution in [1.29, 1.82) is 0 Å². The van der Waals surface area contributed by atoms with E-state index in [1.54, 1.807) is 17.0 Å². The number of rotatable bonds is 8. The van der Waals surface area contributed by atoms with Crippen LogP contribution in [-0.4, -0.2) is 22.3 Å². The van der Waals surface area contributed by atoms with Crippen molar-refractivity contribution in [2.45, 2.75) is 39.0 Å². The van der Waals surface area contributed by atoms with Gasteiger partial charge in [-0.3, -0.25) is 4.68 Å². The topological polar surface area (TPSA) is 67.4 Å². The van der Waals surface area contributed by atoms with Crippen LogP contribution in [0.2, 0.25) is 0 Å². The molecule has 0 spiro atoms. The number of nitrogens with one attached hydrogen (secondary N) is 2. The highest BCUT2D eigenvalue weighted by Gasteiger charge is 2.30. The van der Waals surface area contributed by atoms with E-state index in [0.29, 0.717) is 31.0 Å².